The summed E-state index contributed by atoms with van der Waals surface area (Å²) in [6.07, 6.45) is 3.69. The molecular weight excluding hydrogens is 1060 g/mol. The second-order valence-electron chi connectivity index (χ2n) is 23.4. The van der Waals surface area contributed by atoms with Gasteiger partial charge in [-0.2, -0.15) is 0 Å². The highest BCUT2D eigenvalue weighted by Gasteiger charge is 2.40. The Kier molecular flexibility index (Phi) is 10.5. The van der Waals surface area contributed by atoms with Gasteiger partial charge in [-0.25, -0.2) is 9.97 Å². The Labute approximate surface area is 500 Å². The zero-order valence-corrected chi connectivity index (χ0v) is 47.9. The van der Waals surface area contributed by atoms with Crippen LogP contribution >= 0.6 is 11.3 Å². The zero-order valence-electron chi connectivity index (χ0n) is 47.1. The molecule has 0 saturated carbocycles. The molecule has 0 spiro atoms. The Morgan fingerprint density at radius 3 is 1.78 bits per heavy atom. The van der Waals surface area contributed by atoms with E-state index in [0.29, 0.717) is 5.82 Å². The Morgan fingerprint density at radius 2 is 1.01 bits per heavy atom. The number of hydrogen-bond acceptors (Lipinski definition) is 5. The van der Waals surface area contributed by atoms with Crippen LogP contribution in [0.3, 0.4) is 0 Å². The van der Waals surface area contributed by atoms with Crippen LogP contribution in [0.25, 0.3) is 147 Å². The van der Waals surface area contributed by atoms with Gasteiger partial charge < -0.3 is 4.90 Å². The van der Waals surface area contributed by atoms with Crippen molar-refractivity contribution in [2.75, 3.05) is 4.90 Å². The molecule has 18 rings (SSSR count). The van der Waals surface area contributed by atoms with Gasteiger partial charge in [0.25, 0.3) is 0 Å². The number of pyridine rings is 1. The van der Waals surface area contributed by atoms with E-state index in [-0.39, 0.29) is 0 Å². The van der Waals surface area contributed by atoms with Crippen molar-refractivity contribution in [1.82, 2.24) is 19.5 Å². The fraction of sp³-hybridized carbons (Fsp3) is 0.0375. The van der Waals surface area contributed by atoms with Gasteiger partial charge >= 0.3 is 0 Å². The van der Waals surface area contributed by atoms with Gasteiger partial charge in [0.1, 0.15) is 5.82 Å². The first-order chi connectivity index (χ1) is 42.4. The topological polar surface area (TPSA) is 46.8 Å². The fourth-order valence-corrected chi connectivity index (χ4v) is 15.8. The minimum absolute atomic E-state index is 0.464. The Hall–Kier alpha value is -10.8. The SMILES string of the molecule is CC1(C)c2cc(N(c3cc4ccccc4c4ccccc34)c3cccc4c3sc3ccccc34)ccc2-c2ccc3c(c21)c1cc2c4ccccc4c4ccccc4c2cc1n3-c1cc(-c2ccncc2)nc(-c2ccccc2-c2ccccc2)n1. The van der Waals surface area contributed by atoms with E-state index in [4.69, 9.17) is 9.97 Å². The molecule has 1 aliphatic carbocycles. The van der Waals surface area contributed by atoms with Crippen LogP contribution < -0.4 is 4.90 Å². The van der Waals surface area contributed by atoms with Crippen LogP contribution in [-0.2, 0) is 5.41 Å². The molecule has 0 amide bonds. The van der Waals surface area contributed by atoms with Crippen LogP contribution in [0.1, 0.15) is 25.0 Å². The normalized spacial score (nSPS) is 12.9. The maximum atomic E-state index is 5.72. The standard InChI is InChI=1S/C80H51N5S/c1-80(2)68-44-51(84(71-33-18-32-63-61-30-16-17-34-74(61)86-78(63)71)72-43-50-21-6-7-23-53(50)54-24-13-14-29-60(54)72)35-36-59(68)62-37-38-70-76(77(62)80)67-45-65-57-27-11-9-25-55(57)56-26-10-12-28-58(56)66(65)46-73(67)85(70)75-47-69(49-39-41-81-42-40-49)82-79(83-75)64-31-15-8-22-52(64)48-19-4-3-5-20-48/h3-47H,1-2H3. The van der Waals surface area contributed by atoms with E-state index in [1.54, 1.807) is 0 Å². The van der Waals surface area contributed by atoms with Gasteiger partial charge in [0.2, 0.25) is 0 Å². The lowest BCUT2D eigenvalue weighted by atomic mass is 9.80. The van der Waals surface area contributed by atoms with Crippen molar-refractivity contribution in [3.63, 3.8) is 0 Å². The van der Waals surface area contributed by atoms with E-state index < -0.39 is 5.41 Å². The average molecular weight is 1110 g/mol. The van der Waals surface area contributed by atoms with Crippen LogP contribution in [0.2, 0.25) is 0 Å². The first-order valence-corrected chi connectivity index (χ1v) is 30.3. The molecule has 0 N–H and O–H groups in total. The Morgan fingerprint density at radius 1 is 0.395 bits per heavy atom. The van der Waals surface area contributed by atoms with E-state index in [1.165, 1.54) is 107 Å². The van der Waals surface area contributed by atoms with Crippen LogP contribution in [0.4, 0.5) is 17.1 Å². The number of rotatable bonds is 7. The number of aromatic nitrogens is 4. The zero-order chi connectivity index (χ0) is 56.8. The highest BCUT2D eigenvalue weighted by molar-refractivity contribution is 7.26. The molecule has 6 heteroatoms. The highest BCUT2D eigenvalue weighted by Crippen LogP contribution is 2.57. The number of nitrogens with zero attached hydrogens (tertiary/aromatic N) is 5. The van der Waals surface area contributed by atoms with Gasteiger partial charge in [-0.1, -0.05) is 208 Å². The molecule has 0 bridgehead atoms. The van der Waals surface area contributed by atoms with Gasteiger partial charge in [0, 0.05) is 72.3 Å². The minimum atomic E-state index is -0.464. The summed E-state index contributed by atoms with van der Waals surface area (Å²) in [6, 6.07) is 96.0. The molecule has 4 aromatic heterocycles. The highest BCUT2D eigenvalue weighted by atomic mass is 32.1. The summed E-state index contributed by atoms with van der Waals surface area (Å²) in [7, 11) is 0. The third kappa shape index (κ3) is 7.14. The maximum absolute atomic E-state index is 5.72. The Bertz CT molecular complexity index is 5700. The fourth-order valence-electron chi connectivity index (χ4n) is 14.6. The van der Waals surface area contributed by atoms with Gasteiger partial charge in [0.05, 0.1) is 32.8 Å². The predicted octanol–water partition coefficient (Wildman–Crippen LogP) is 21.9. The van der Waals surface area contributed by atoms with Crippen molar-refractivity contribution in [3.8, 4) is 50.7 Å². The van der Waals surface area contributed by atoms with Crippen molar-refractivity contribution < 1.29 is 0 Å². The molecule has 5 nitrogen and oxygen atoms in total. The van der Waals surface area contributed by atoms with E-state index in [0.717, 1.165) is 61.9 Å². The smallest absolute Gasteiger partial charge is 0.162 e. The summed E-state index contributed by atoms with van der Waals surface area (Å²) >= 11 is 1.88. The third-order valence-electron chi connectivity index (χ3n) is 18.4. The Balaban J connectivity index is 0.917. The molecule has 0 fully saturated rings. The van der Waals surface area contributed by atoms with Gasteiger partial charge in [-0.05, 0) is 143 Å². The molecule has 0 aliphatic heterocycles. The second-order valence-corrected chi connectivity index (χ2v) is 24.5. The summed E-state index contributed by atoms with van der Waals surface area (Å²) in [5.74, 6) is 1.44. The van der Waals surface area contributed by atoms with Crippen LogP contribution in [0, 0.1) is 0 Å². The molecular formula is C80H51N5S. The maximum Gasteiger partial charge on any atom is 0.162 e. The summed E-state index contributed by atoms with van der Waals surface area (Å²) in [6.45, 7) is 4.89. The molecule has 402 valence electrons. The lowest BCUT2D eigenvalue weighted by molar-refractivity contribution is 0.666. The van der Waals surface area contributed by atoms with Crippen LogP contribution in [0.15, 0.2) is 273 Å². The number of benzene rings is 13. The number of fused-ring (bicyclic) bond motifs is 19. The van der Waals surface area contributed by atoms with Gasteiger partial charge in [-0.15, -0.1) is 11.3 Å². The first-order valence-electron chi connectivity index (χ1n) is 29.5. The number of hydrogen-bond donors (Lipinski definition) is 0. The average Bonchev–Trinajstić information content (AvgIpc) is 1.61. The van der Waals surface area contributed by atoms with Gasteiger partial charge in [0.15, 0.2) is 5.82 Å². The first kappa shape index (κ1) is 48.7. The van der Waals surface area contributed by atoms with E-state index in [2.05, 4.69) is 277 Å². The summed E-state index contributed by atoms with van der Waals surface area (Å²) < 4.78 is 4.97. The lowest BCUT2D eigenvalue weighted by Gasteiger charge is -2.30. The lowest BCUT2D eigenvalue weighted by Crippen LogP contribution is -2.17. The van der Waals surface area contributed by atoms with Crippen LogP contribution in [0.5, 0.6) is 0 Å². The van der Waals surface area contributed by atoms with Crippen molar-refractivity contribution in [1.29, 1.82) is 0 Å². The van der Waals surface area contributed by atoms with Crippen molar-refractivity contribution in [2.24, 2.45) is 0 Å². The molecule has 4 heterocycles. The molecule has 0 atom stereocenters. The van der Waals surface area contributed by atoms with Crippen LogP contribution in [-0.4, -0.2) is 19.5 Å². The molecule has 0 radical (unpaired) electrons. The predicted molar refractivity (Wildman–Crippen MR) is 363 cm³/mol. The summed E-state index contributed by atoms with van der Waals surface area (Å²) in [5.41, 5.74) is 15.2. The molecule has 13 aromatic carbocycles. The minimum Gasteiger partial charge on any atom is -0.308 e. The molecule has 0 unspecified atom stereocenters. The second kappa shape index (κ2) is 18.6. The van der Waals surface area contributed by atoms with Crippen molar-refractivity contribution in [2.45, 2.75) is 19.3 Å². The number of thiophene rings is 1. The molecule has 0 saturated heterocycles. The number of anilines is 3. The molecule has 1 aliphatic rings. The molecule has 17 aromatic rings. The van der Waals surface area contributed by atoms with Crippen molar-refractivity contribution in [3.05, 3.63) is 284 Å². The van der Waals surface area contributed by atoms with Crippen molar-refractivity contribution >= 4 is 124 Å². The monoisotopic (exact) mass is 1110 g/mol. The van der Waals surface area contributed by atoms with E-state index in [9.17, 15) is 0 Å². The third-order valence-corrected chi connectivity index (χ3v) is 19.6. The van der Waals surface area contributed by atoms with E-state index >= 15 is 0 Å². The summed E-state index contributed by atoms with van der Waals surface area (Å²) in [5, 5.41) is 17.2. The summed E-state index contributed by atoms with van der Waals surface area (Å²) in [4.78, 5) is 18.1. The largest absolute Gasteiger partial charge is 0.308 e. The van der Waals surface area contributed by atoms with E-state index in [1.807, 2.05) is 35.9 Å². The molecule has 86 heavy (non-hydrogen) atoms. The quantitative estimate of drug-likeness (QED) is 0.149. The van der Waals surface area contributed by atoms with Gasteiger partial charge in [-0.3, -0.25) is 9.55 Å².